The van der Waals surface area contributed by atoms with Crippen LogP contribution in [-0.2, 0) is 0 Å². The Morgan fingerprint density at radius 3 is 2.33 bits per heavy atom. The van der Waals surface area contributed by atoms with Gasteiger partial charge in [-0.05, 0) is 12.6 Å². The molecule has 0 aliphatic rings. The van der Waals surface area contributed by atoms with Gasteiger partial charge >= 0.3 is 0 Å². The SMILES string of the molecule is C=NC(CO)C(C)CC. The van der Waals surface area contributed by atoms with Gasteiger partial charge in [-0.3, -0.25) is 4.99 Å². The molecule has 0 aromatic heterocycles. The van der Waals surface area contributed by atoms with Crippen LogP contribution in [0.5, 0.6) is 0 Å². The fourth-order valence-electron chi connectivity index (χ4n) is 0.690. The van der Waals surface area contributed by atoms with Crippen molar-refractivity contribution < 1.29 is 5.11 Å². The smallest absolute Gasteiger partial charge is 0.0748 e. The average Bonchev–Trinajstić information content (AvgIpc) is 1.90. The topological polar surface area (TPSA) is 32.6 Å². The van der Waals surface area contributed by atoms with E-state index in [9.17, 15) is 0 Å². The molecular formula is C7H15NO. The highest BCUT2D eigenvalue weighted by Gasteiger charge is 2.10. The number of aliphatic imine (C=N–C) groups is 1. The van der Waals surface area contributed by atoms with E-state index < -0.39 is 0 Å². The van der Waals surface area contributed by atoms with Crippen LogP contribution in [0.15, 0.2) is 4.99 Å². The highest BCUT2D eigenvalue weighted by atomic mass is 16.3. The van der Waals surface area contributed by atoms with Crippen LogP contribution < -0.4 is 0 Å². The summed E-state index contributed by atoms with van der Waals surface area (Å²) in [6, 6.07) is 0.0370. The molecule has 1 N–H and O–H groups in total. The largest absolute Gasteiger partial charge is 0.394 e. The van der Waals surface area contributed by atoms with Gasteiger partial charge in [0.15, 0.2) is 0 Å². The van der Waals surface area contributed by atoms with Crippen molar-refractivity contribution in [2.24, 2.45) is 10.9 Å². The van der Waals surface area contributed by atoms with Crippen molar-refractivity contribution >= 4 is 6.72 Å². The molecule has 0 aliphatic carbocycles. The standard InChI is InChI=1S/C7H15NO/c1-4-6(2)7(5-9)8-3/h6-7,9H,3-5H2,1-2H3. The normalized spacial score (nSPS) is 16.8. The quantitative estimate of drug-likeness (QED) is 0.566. The Hall–Kier alpha value is -0.370. The van der Waals surface area contributed by atoms with Gasteiger partial charge < -0.3 is 5.11 Å². The van der Waals surface area contributed by atoms with Crippen LogP contribution in [0.25, 0.3) is 0 Å². The summed E-state index contributed by atoms with van der Waals surface area (Å²) in [6.07, 6.45) is 1.05. The van der Waals surface area contributed by atoms with Crippen LogP contribution in [0.1, 0.15) is 20.3 Å². The molecule has 2 unspecified atom stereocenters. The summed E-state index contributed by atoms with van der Waals surface area (Å²) in [7, 11) is 0. The van der Waals surface area contributed by atoms with Gasteiger partial charge in [-0.2, -0.15) is 0 Å². The molecule has 2 nitrogen and oxygen atoms in total. The fraction of sp³-hybridized carbons (Fsp3) is 0.857. The van der Waals surface area contributed by atoms with Crippen molar-refractivity contribution in [3.63, 3.8) is 0 Å². The Labute approximate surface area is 56.6 Å². The summed E-state index contributed by atoms with van der Waals surface area (Å²) in [5.41, 5.74) is 0. The molecule has 0 saturated heterocycles. The van der Waals surface area contributed by atoms with Crippen molar-refractivity contribution in [3.05, 3.63) is 0 Å². The molecule has 9 heavy (non-hydrogen) atoms. The second kappa shape index (κ2) is 4.50. The molecule has 2 heteroatoms. The van der Waals surface area contributed by atoms with E-state index in [1.54, 1.807) is 0 Å². The molecule has 0 fully saturated rings. The predicted molar refractivity (Wildman–Crippen MR) is 39.9 cm³/mol. The van der Waals surface area contributed by atoms with Crippen molar-refractivity contribution in [2.75, 3.05) is 6.61 Å². The van der Waals surface area contributed by atoms with Gasteiger partial charge in [0.1, 0.15) is 0 Å². The lowest BCUT2D eigenvalue weighted by Gasteiger charge is -2.14. The zero-order valence-corrected chi connectivity index (χ0v) is 6.17. The maximum absolute atomic E-state index is 8.69. The minimum Gasteiger partial charge on any atom is -0.394 e. The maximum atomic E-state index is 8.69. The number of hydrogen-bond acceptors (Lipinski definition) is 2. The molecule has 0 aliphatic heterocycles. The zero-order chi connectivity index (χ0) is 7.28. The summed E-state index contributed by atoms with van der Waals surface area (Å²) in [6.45, 7) is 7.66. The van der Waals surface area contributed by atoms with Crippen LogP contribution in [0.4, 0.5) is 0 Å². The highest BCUT2D eigenvalue weighted by molar-refractivity contribution is 5.24. The highest BCUT2D eigenvalue weighted by Crippen LogP contribution is 2.09. The number of hydrogen-bond donors (Lipinski definition) is 1. The molecule has 0 bridgehead atoms. The molecule has 0 saturated carbocycles. The molecular weight excluding hydrogens is 114 g/mol. The summed E-state index contributed by atoms with van der Waals surface area (Å²) < 4.78 is 0. The predicted octanol–water partition coefficient (Wildman–Crippen LogP) is 1.09. The monoisotopic (exact) mass is 129 g/mol. The fourth-order valence-corrected chi connectivity index (χ4v) is 0.690. The van der Waals surface area contributed by atoms with Crippen LogP contribution in [0.3, 0.4) is 0 Å². The molecule has 0 aromatic carbocycles. The number of rotatable bonds is 4. The van der Waals surface area contributed by atoms with Crippen LogP contribution in [-0.4, -0.2) is 24.5 Å². The Morgan fingerprint density at radius 1 is 1.67 bits per heavy atom. The van der Waals surface area contributed by atoms with Gasteiger partial charge in [0.05, 0.1) is 12.6 Å². The molecule has 0 heterocycles. The van der Waals surface area contributed by atoms with Gasteiger partial charge in [-0.15, -0.1) is 0 Å². The molecule has 0 radical (unpaired) electrons. The van der Waals surface area contributed by atoms with Gasteiger partial charge in [0, 0.05) is 0 Å². The van der Waals surface area contributed by atoms with Gasteiger partial charge in [-0.25, -0.2) is 0 Å². The Balaban J connectivity index is 3.63. The minimum absolute atomic E-state index is 0.0370. The first-order chi connectivity index (χ1) is 4.26. The van der Waals surface area contributed by atoms with E-state index in [0.29, 0.717) is 5.92 Å². The molecule has 0 amide bonds. The third-order valence-corrected chi connectivity index (χ3v) is 1.72. The van der Waals surface area contributed by atoms with Crippen LogP contribution >= 0.6 is 0 Å². The third kappa shape index (κ3) is 2.61. The average molecular weight is 129 g/mol. The first kappa shape index (κ1) is 8.63. The van der Waals surface area contributed by atoms with Gasteiger partial charge in [0.25, 0.3) is 0 Å². The first-order valence-corrected chi connectivity index (χ1v) is 3.32. The van der Waals surface area contributed by atoms with E-state index in [2.05, 4.69) is 25.6 Å². The summed E-state index contributed by atoms with van der Waals surface area (Å²) in [5.74, 6) is 0.451. The number of aliphatic hydroxyl groups is 1. The maximum Gasteiger partial charge on any atom is 0.0748 e. The Kier molecular flexibility index (Phi) is 4.32. The number of nitrogens with zero attached hydrogens (tertiary/aromatic N) is 1. The molecule has 0 aromatic rings. The zero-order valence-electron chi connectivity index (χ0n) is 6.17. The minimum atomic E-state index is 0.0370. The third-order valence-electron chi connectivity index (χ3n) is 1.72. The lowest BCUT2D eigenvalue weighted by Crippen LogP contribution is -2.18. The van der Waals surface area contributed by atoms with Crippen molar-refractivity contribution in [1.82, 2.24) is 0 Å². The van der Waals surface area contributed by atoms with E-state index in [1.807, 2.05) is 0 Å². The van der Waals surface area contributed by atoms with E-state index in [0.717, 1.165) is 6.42 Å². The lowest BCUT2D eigenvalue weighted by molar-refractivity contribution is 0.232. The van der Waals surface area contributed by atoms with E-state index >= 15 is 0 Å². The van der Waals surface area contributed by atoms with E-state index in [-0.39, 0.29) is 12.6 Å². The second-order valence-electron chi connectivity index (χ2n) is 2.32. The Morgan fingerprint density at radius 2 is 2.22 bits per heavy atom. The molecule has 0 rings (SSSR count). The van der Waals surface area contributed by atoms with Crippen molar-refractivity contribution in [3.8, 4) is 0 Å². The molecule has 54 valence electrons. The van der Waals surface area contributed by atoms with Crippen LogP contribution in [0.2, 0.25) is 0 Å². The lowest BCUT2D eigenvalue weighted by atomic mass is 10.0. The van der Waals surface area contributed by atoms with Crippen molar-refractivity contribution in [1.29, 1.82) is 0 Å². The first-order valence-electron chi connectivity index (χ1n) is 3.32. The van der Waals surface area contributed by atoms with Gasteiger partial charge in [-0.1, -0.05) is 20.3 Å². The summed E-state index contributed by atoms with van der Waals surface area (Å²) in [4.78, 5) is 3.78. The second-order valence-corrected chi connectivity index (χ2v) is 2.32. The number of aliphatic hydroxyl groups excluding tert-OH is 1. The van der Waals surface area contributed by atoms with Crippen molar-refractivity contribution in [2.45, 2.75) is 26.3 Å². The summed E-state index contributed by atoms with van der Waals surface area (Å²) in [5, 5.41) is 8.69. The van der Waals surface area contributed by atoms with Crippen LogP contribution in [0, 0.1) is 5.92 Å². The Bertz CT molecular complexity index is 83.0. The molecule has 2 atom stereocenters. The summed E-state index contributed by atoms with van der Waals surface area (Å²) >= 11 is 0. The van der Waals surface area contributed by atoms with Gasteiger partial charge in [0.2, 0.25) is 0 Å². The van der Waals surface area contributed by atoms with E-state index in [4.69, 9.17) is 5.11 Å². The van der Waals surface area contributed by atoms with E-state index in [1.165, 1.54) is 0 Å². The molecule has 0 spiro atoms.